The first-order valence-corrected chi connectivity index (χ1v) is 9.56. The zero-order valence-corrected chi connectivity index (χ0v) is 15.5. The molecule has 1 amide bonds. The number of rotatable bonds is 8. The third-order valence-electron chi connectivity index (χ3n) is 3.43. The van der Waals surface area contributed by atoms with E-state index in [4.69, 9.17) is 16.3 Å². The molecular weight excluding hydrogens is 383 g/mol. The van der Waals surface area contributed by atoms with Crippen LogP contribution in [-0.4, -0.2) is 28.0 Å². The van der Waals surface area contributed by atoms with Crippen LogP contribution in [0.2, 0.25) is 5.02 Å². The van der Waals surface area contributed by atoms with Crippen molar-refractivity contribution >= 4 is 33.2 Å². The number of methoxy groups -OCH3 is 1. The maximum atomic E-state index is 12.8. The van der Waals surface area contributed by atoms with Gasteiger partial charge in [-0.1, -0.05) is 11.6 Å². The molecule has 0 aromatic heterocycles. The van der Waals surface area contributed by atoms with Crippen LogP contribution in [0.25, 0.3) is 0 Å². The molecule has 140 valence electrons. The first-order chi connectivity index (χ1) is 12.3. The van der Waals surface area contributed by atoms with Gasteiger partial charge >= 0.3 is 0 Å². The number of anilines is 1. The van der Waals surface area contributed by atoms with E-state index in [1.807, 2.05) is 0 Å². The van der Waals surface area contributed by atoms with Gasteiger partial charge in [-0.25, -0.2) is 17.5 Å². The smallest absolute Gasteiger partial charge is 0.240 e. The van der Waals surface area contributed by atoms with E-state index < -0.39 is 15.8 Å². The van der Waals surface area contributed by atoms with E-state index in [-0.39, 0.29) is 23.8 Å². The summed E-state index contributed by atoms with van der Waals surface area (Å²) in [6.07, 6.45) is 0.422. The Bertz CT molecular complexity index is 873. The van der Waals surface area contributed by atoms with Crippen molar-refractivity contribution in [2.24, 2.45) is 0 Å². The Hall–Kier alpha value is -2.16. The lowest BCUT2D eigenvalue weighted by Gasteiger charge is -2.09. The van der Waals surface area contributed by atoms with E-state index in [2.05, 4.69) is 10.0 Å². The average molecular weight is 401 g/mol. The van der Waals surface area contributed by atoms with Crippen LogP contribution in [0.1, 0.15) is 12.8 Å². The highest BCUT2D eigenvalue weighted by Gasteiger charge is 2.13. The van der Waals surface area contributed by atoms with Gasteiger partial charge in [0.05, 0.1) is 17.0 Å². The molecule has 0 radical (unpaired) electrons. The van der Waals surface area contributed by atoms with Crippen molar-refractivity contribution in [3.8, 4) is 5.75 Å². The van der Waals surface area contributed by atoms with E-state index >= 15 is 0 Å². The molecule has 2 aromatic carbocycles. The van der Waals surface area contributed by atoms with E-state index in [1.54, 1.807) is 18.2 Å². The molecule has 0 aliphatic carbocycles. The fourth-order valence-corrected chi connectivity index (χ4v) is 3.45. The number of carbonyl (C=O) groups is 1. The van der Waals surface area contributed by atoms with Crippen molar-refractivity contribution < 1.29 is 22.3 Å². The van der Waals surface area contributed by atoms with Crippen LogP contribution in [0.3, 0.4) is 0 Å². The van der Waals surface area contributed by atoms with Crippen molar-refractivity contribution in [2.45, 2.75) is 17.7 Å². The molecule has 6 nitrogen and oxygen atoms in total. The van der Waals surface area contributed by atoms with Gasteiger partial charge in [0, 0.05) is 18.7 Å². The number of amides is 1. The number of ether oxygens (including phenoxy) is 1. The standard InChI is InChI=1S/C17H18ClFN2O4S/c1-25-16-9-6-13(11-15(16)18)21-17(22)3-2-10-20-26(23,24)14-7-4-12(19)5-8-14/h4-9,11,20H,2-3,10H2,1H3,(H,21,22). The molecule has 0 fully saturated rings. The molecule has 2 aromatic rings. The van der Waals surface area contributed by atoms with Crippen molar-refractivity contribution in [1.29, 1.82) is 0 Å². The molecular formula is C17H18ClFN2O4S. The summed E-state index contributed by atoms with van der Waals surface area (Å²) in [5.74, 6) is -0.286. The summed E-state index contributed by atoms with van der Waals surface area (Å²) < 4.78 is 44.3. The fraction of sp³-hybridized carbons (Fsp3) is 0.235. The zero-order valence-electron chi connectivity index (χ0n) is 14.0. The van der Waals surface area contributed by atoms with Crippen LogP contribution < -0.4 is 14.8 Å². The molecule has 0 saturated carbocycles. The van der Waals surface area contributed by atoms with Crippen molar-refractivity contribution in [3.63, 3.8) is 0 Å². The predicted octanol–water partition coefficient (Wildman–Crippen LogP) is 3.18. The van der Waals surface area contributed by atoms with Crippen molar-refractivity contribution in [2.75, 3.05) is 19.0 Å². The Morgan fingerprint density at radius 3 is 2.50 bits per heavy atom. The van der Waals surface area contributed by atoms with Crippen molar-refractivity contribution in [1.82, 2.24) is 4.72 Å². The quantitative estimate of drug-likeness (QED) is 0.666. The summed E-state index contributed by atoms with van der Waals surface area (Å²) in [7, 11) is -2.23. The Morgan fingerprint density at radius 2 is 1.88 bits per heavy atom. The lowest BCUT2D eigenvalue weighted by atomic mass is 10.2. The number of sulfonamides is 1. The predicted molar refractivity (Wildman–Crippen MR) is 97.5 cm³/mol. The maximum Gasteiger partial charge on any atom is 0.240 e. The molecule has 0 atom stereocenters. The third-order valence-corrected chi connectivity index (χ3v) is 5.20. The SMILES string of the molecule is COc1ccc(NC(=O)CCCNS(=O)(=O)c2ccc(F)cc2)cc1Cl. The molecule has 0 aliphatic rings. The molecule has 9 heteroatoms. The number of benzene rings is 2. The first kappa shape index (κ1) is 20.2. The summed E-state index contributed by atoms with van der Waals surface area (Å²) in [6.45, 7) is 0.0799. The maximum absolute atomic E-state index is 12.8. The molecule has 0 heterocycles. The van der Waals surface area contributed by atoms with E-state index in [1.165, 1.54) is 19.2 Å². The van der Waals surface area contributed by atoms with Gasteiger partial charge in [-0.15, -0.1) is 0 Å². The molecule has 0 aliphatic heterocycles. The average Bonchev–Trinajstić information content (AvgIpc) is 2.59. The van der Waals surface area contributed by atoms with Crippen molar-refractivity contribution in [3.05, 3.63) is 53.3 Å². The minimum Gasteiger partial charge on any atom is -0.495 e. The van der Waals surface area contributed by atoms with Crippen LogP contribution in [0.4, 0.5) is 10.1 Å². The molecule has 0 bridgehead atoms. The Balaban J connectivity index is 1.79. The van der Waals surface area contributed by atoms with Gasteiger partial charge < -0.3 is 10.1 Å². The van der Waals surface area contributed by atoms with Gasteiger partial charge in [-0.05, 0) is 48.9 Å². The van der Waals surface area contributed by atoms with Gasteiger partial charge in [-0.3, -0.25) is 4.79 Å². The molecule has 26 heavy (non-hydrogen) atoms. The van der Waals surface area contributed by atoms with E-state index in [0.29, 0.717) is 22.9 Å². The van der Waals surface area contributed by atoms with Gasteiger partial charge in [0.25, 0.3) is 0 Å². The lowest BCUT2D eigenvalue weighted by molar-refractivity contribution is -0.116. The fourth-order valence-electron chi connectivity index (χ4n) is 2.12. The third kappa shape index (κ3) is 5.69. The Kier molecular flexibility index (Phi) is 6.96. The van der Waals surface area contributed by atoms with E-state index in [0.717, 1.165) is 12.1 Å². The molecule has 0 unspecified atom stereocenters. The lowest BCUT2D eigenvalue weighted by Crippen LogP contribution is -2.25. The summed E-state index contributed by atoms with van der Waals surface area (Å²) in [5, 5.41) is 3.04. The van der Waals surface area contributed by atoms with Crippen LogP contribution in [0, 0.1) is 5.82 Å². The number of nitrogens with one attached hydrogen (secondary N) is 2. The molecule has 0 saturated heterocycles. The first-order valence-electron chi connectivity index (χ1n) is 7.70. The highest BCUT2D eigenvalue weighted by atomic mass is 35.5. The summed E-state index contributed by atoms with van der Waals surface area (Å²) in [4.78, 5) is 11.9. The second-order valence-corrected chi connectivity index (χ2v) is 7.53. The Morgan fingerprint density at radius 1 is 1.19 bits per heavy atom. The highest BCUT2D eigenvalue weighted by molar-refractivity contribution is 7.89. The summed E-state index contributed by atoms with van der Waals surface area (Å²) >= 11 is 5.98. The summed E-state index contributed by atoms with van der Waals surface area (Å²) in [5.41, 5.74) is 0.521. The number of carbonyl (C=O) groups excluding carboxylic acids is 1. The van der Waals surface area contributed by atoms with Crippen LogP contribution in [0.5, 0.6) is 5.75 Å². The zero-order chi connectivity index (χ0) is 19.2. The van der Waals surface area contributed by atoms with Gasteiger partial charge in [0.15, 0.2) is 0 Å². The molecule has 2 N–H and O–H groups in total. The van der Waals surface area contributed by atoms with Gasteiger partial charge in [0.2, 0.25) is 15.9 Å². The Labute approximate surface area is 156 Å². The highest BCUT2D eigenvalue weighted by Crippen LogP contribution is 2.27. The minimum absolute atomic E-state index is 0.0313. The molecule has 2 rings (SSSR count). The monoisotopic (exact) mass is 400 g/mol. The van der Waals surface area contributed by atoms with Crippen LogP contribution in [-0.2, 0) is 14.8 Å². The van der Waals surface area contributed by atoms with Gasteiger partial charge in [0.1, 0.15) is 11.6 Å². The largest absolute Gasteiger partial charge is 0.495 e. The second-order valence-electron chi connectivity index (χ2n) is 5.35. The topological polar surface area (TPSA) is 84.5 Å². The van der Waals surface area contributed by atoms with Gasteiger partial charge in [-0.2, -0.15) is 0 Å². The number of halogens is 2. The molecule has 0 spiro atoms. The van der Waals surface area contributed by atoms with E-state index in [9.17, 15) is 17.6 Å². The number of hydrogen-bond donors (Lipinski definition) is 2. The number of hydrogen-bond acceptors (Lipinski definition) is 4. The minimum atomic E-state index is -3.73. The van der Waals surface area contributed by atoms with Crippen LogP contribution >= 0.6 is 11.6 Å². The second kappa shape index (κ2) is 8.98. The van der Waals surface area contributed by atoms with Crippen LogP contribution in [0.15, 0.2) is 47.4 Å². The normalized spacial score (nSPS) is 11.2. The summed E-state index contributed by atoms with van der Waals surface area (Å²) in [6, 6.07) is 9.35.